The number of hydrogen-bond donors (Lipinski definition) is 0. The summed E-state index contributed by atoms with van der Waals surface area (Å²) >= 11 is 0. The Balaban J connectivity index is 2.32. The molecule has 0 spiro atoms. The van der Waals surface area contributed by atoms with Crippen molar-refractivity contribution in [3.05, 3.63) is 54.1 Å². The molecule has 24 heavy (non-hydrogen) atoms. The SMILES string of the molecule is CCOP(=O)(OCC)c1c2ccccc2nn1-c1cccc(C)c1. The monoisotopic (exact) mass is 344 g/mol. The van der Waals surface area contributed by atoms with Gasteiger partial charge in [-0.2, -0.15) is 5.10 Å². The summed E-state index contributed by atoms with van der Waals surface area (Å²) in [5, 5.41) is 5.42. The topological polar surface area (TPSA) is 53.4 Å². The van der Waals surface area contributed by atoms with Crippen LogP contribution in [0.25, 0.3) is 16.6 Å². The van der Waals surface area contributed by atoms with Gasteiger partial charge in [0, 0.05) is 5.39 Å². The van der Waals surface area contributed by atoms with E-state index in [1.165, 1.54) is 0 Å². The maximum absolute atomic E-state index is 13.5. The third kappa shape index (κ3) is 3.03. The number of aryl methyl sites for hydroxylation is 1. The second-order valence-electron chi connectivity index (χ2n) is 5.42. The molecule has 0 saturated carbocycles. The first-order valence-electron chi connectivity index (χ1n) is 8.03. The van der Waals surface area contributed by atoms with E-state index in [0.717, 1.165) is 22.2 Å². The molecule has 0 radical (unpaired) electrons. The maximum Gasteiger partial charge on any atom is 0.380 e. The second kappa shape index (κ2) is 6.89. The number of fused-ring (bicyclic) bond motifs is 1. The predicted molar refractivity (Wildman–Crippen MR) is 96.3 cm³/mol. The summed E-state index contributed by atoms with van der Waals surface area (Å²) in [7, 11) is -3.49. The molecular weight excluding hydrogens is 323 g/mol. The molecule has 6 heteroatoms. The van der Waals surface area contributed by atoms with Crippen LogP contribution in [0.1, 0.15) is 19.4 Å². The van der Waals surface area contributed by atoms with Gasteiger partial charge < -0.3 is 9.05 Å². The Morgan fingerprint density at radius 1 is 1.04 bits per heavy atom. The highest BCUT2D eigenvalue weighted by Gasteiger charge is 2.34. The molecule has 0 amide bonds. The minimum atomic E-state index is -3.49. The highest BCUT2D eigenvalue weighted by molar-refractivity contribution is 7.62. The first-order chi connectivity index (χ1) is 11.6. The van der Waals surface area contributed by atoms with Gasteiger partial charge in [-0.15, -0.1) is 0 Å². The highest BCUT2D eigenvalue weighted by Crippen LogP contribution is 2.48. The zero-order chi connectivity index (χ0) is 17.2. The van der Waals surface area contributed by atoms with Crippen molar-refractivity contribution in [1.82, 2.24) is 9.78 Å². The Hall–Kier alpha value is -1.94. The van der Waals surface area contributed by atoms with E-state index in [9.17, 15) is 4.57 Å². The second-order valence-corrected chi connectivity index (χ2v) is 7.36. The molecule has 0 saturated heterocycles. The molecule has 0 unspecified atom stereocenters. The van der Waals surface area contributed by atoms with E-state index in [4.69, 9.17) is 9.05 Å². The van der Waals surface area contributed by atoms with Gasteiger partial charge in [-0.3, -0.25) is 4.57 Å². The van der Waals surface area contributed by atoms with Gasteiger partial charge >= 0.3 is 7.60 Å². The summed E-state index contributed by atoms with van der Waals surface area (Å²) in [6.07, 6.45) is 0. The zero-order valence-electron chi connectivity index (χ0n) is 14.1. The first kappa shape index (κ1) is 16.9. The van der Waals surface area contributed by atoms with E-state index in [0.29, 0.717) is 18.6 Å². The van der Waals surface area contributed by atoms with Crippen molar-refractivity contribution in [3.63, 3.8) is 0 Å². The molecule has 0 N–H and O–H groups in total. The third-order valence-corrected chi connectivity index (χ3v) is 5.80. The summed E-state index contributed by atoms with van der Waals surface area (Å²) in [6, 6.07) is 15.5. The van der Waals surface area contributed by atoms with Crippen LogP contribution in [0.4, 0.5) is 0 Å². The zero-order valence-corrected chi connectivity index (χ0v) is 15.0. The Labute approximate surface area is 141 Å². The fourth-order valence-corrected chi connectivity index (χ4v) is 4.60. The Kier molecular flexibility index (Phi) is 4.86. The molecule has 5 nitrogen and oxygen atoms in total. The van der Waals surface area contributed by atoms with Crippen molar-refractivity contribution < 1.29 is 13.6 Å². The van der Waals surface area contributed by atoms with Crippen molar-refractivity contribution in [2.24, 2.45) is 0 Å². The fraction of sp³-hybridized carbons (Fsp3) is 0.278. The Morgan fingerprint density at radius 3 is 2.42 bits per heavy atom. The number of benzene rings is 2. The van der Waals surface area contributed by atoms with Crippen molar-refractivity contribution in [2.75, 3.05) is 13.2 Å². The van der Waals surface area contributed by atoms with Crippen molar-refractivity contribution >= 4 is 23.9 Å². The molecule has 0 atom stereocenters. The Bertz CT molecular complexity index is 894. The summed E-state index contributed by atoms with van der Waals surface area (Å²) in [6.45, 7) is 6.22. The van der Waals surface area contributed by atoms with Crippen LogP contribution >= 0.6 is 7.60 Å². The van der Waals surface area contributed by atoms with E-state index in [1.807, 2.05) is 55.5 Å². The van der Waals surface area contributed by atoms with E-state index in [-0.39, 0.29) is 0 Å². The van der Waals surface area contributed by atoms with Crippen LogP contribution in [-0.4, -0.2) is 23.0 Å². The fourth-order valence-electron chi connectivity index (χ4n) is 2.72. The van der Waals surface area contributed by atoms with Crippen LogP contribution in [0.2, 0.25) is 0 Å². The van der Waals surface area contributed by atoms with Crippen molar-refractivity contribution in [2.45, 2.75) is 20.8 Å². The molecule has 0 aliphatic carbocycles. The van der Waals surface area contributed by atoms with Crippen LogP contribution in [0.3, 0.4) is 0 Å². The molecule has 0 bridgehead atoms. The molecule has 0 fully saturated rings. The van der Waals surface area contributed by atoms with Crippen LogP contribution < -0.4 is 5.44 Å². The molecule has 3 aromatic rings. The highest BCUT2D eigenvalue weighted by atomic mass is 31.2. The van der Waals surface area contributed by atoms with Gasteiger partial charge in [-0.05, 0) is 44.5 Å². The van der Waals surface area contributed by atoms with Crippen LogP contribution in [0.5, 0.6) is 0 Å². The minimum absolute atomic E-state index is 0.296. The largest absolute Gasteiger partial charge is 0.380 e. The molecule has 3 rings (SSSR count). The summed E-state index contributed by atoms with van der Waals surface area (Å²) in [4.78, 5) is 0. The molecular formula is C18H21N2O3P. The van der Waals surface area contributed by atoms with Gasteiger partial charge in [0.2, 0.25) is 0 Å². The molecule has 126 valence electrons. The van der Waals surface area contributed by atoms with Gasteiger partial charge in [-0.25, -0.2) is 4.68 Å². The lowest BCUT2D eigenvalue weighted by Gasteiger charge is -2.18. The smallest absolute Gasteiger partial charge is 0.304 e. The average Bonchev–Trinajstić information content (AvgIpc) is 2.95. The molecule has 2 aromatic carbocycles. The number of hydrogen-bond acceptors (Lipinski definition) is 4. The van der Waals surface area contributed by atoms with Gasteiger partial charge in [-0.1, -0.05) is 30.3 Å². The molecule has 1 heterocycles. The molecule has 0 aliphatic heterocycles. The average molecular weight is 344 g/mol. The van der Waals surface area contributed by atoms with E-state index >= 15 is 0 Å². The summed E-state index contributed by atoms with van der Waals surface area (Å²) in [5.74, 6) is 0. The van der Waals surface area contributed by atoms with Gasteiger partial charge in [0.05, 0.1) is 24.4 Å². The summed E-state index contributed by atoms with van der Waals surface area (Å²) < 4.78 is 26.3. The number of aromatic nitrogens is 2. The Morgan fingerprint density at radius 2 is 1.75 bits per heavy atom. The number of nitrogens with zero attached hydrogens (tertiary/aromatic N) is 2. The minimum Gasteiger partial charge on any atom is -0.304 e. The lowest BCUT2D eigenvalue weighted by Crippen LogP contribution is -2.20. The van der Waals surface area contributed by atoms with E-state index < -0.39 is 7.60 Å². The van der Waals surface area contributed by atoms with E-state index in [1.54, 1.807) is 18.5 Å². The standard InChI is InChI=1S/C18H21N2O3P/c1-4-22-24(21,23-5-2)18-16-11-6-7-12-17(16)19-20(18)15-10-8-9-14(3)13-15/h6-13H,4-5H2,1-3H3. The van der Waals surface area contributed by atoms with Crippen molar-refractivity contribution in [1.29, 1.82) is 0 Å². The van der Waals surface area contributed by atoms with Crippen LogP contribution in [0, 0.1) is 6.92 Å². The summed E-state index contributed by atoms with van der Waals surface area (Å²) in [5.41, 5.74) is 3.17. The molecule has 1 aromatic heterocycles. The van der Waals surface area contributed by atoms with Crippen molar-refractivity contribution in [3.8, 4) is 5.69 Å². The lowest BCUT2D eigenvalue weighted by molar-refractivity contribution is 0.229. The third-order valence-electron chi connectivity index (χ3n) is 3.66. The van der Waals surface area contributed by atoms with Gasteiger partial charge in [0.25, 0.3) is 0 Å². The first-order valence-corrected chi connectivity index (χ1v) is 9.58. The van der Waals surface area contributed by atoms with Gasteiger partial charge in [0.1, 0.15) is 0 Å². The quantitative estimate of drug-likeness (QED) is 0.628. The normalized spacial score (nSPS) is 12.0. The lowest BCUT2D eigenvalue weighted by atomic mass is 10.2. The van der Waals surface area contributed by atoms with Crippen LogP contribution in [-0.2, 0) is 13.6 Å². The van der Waals surface area contributed by atoms with E-state index in [2.05, 4.69) is 5.10 Å². The predicted octanol–water partition coefficient (Wildman–Crippen LogP) is 4.23. The maximum atomic E-state index is 13.5. The number of rotatable bonds is 6. The van der Waals surface area contributed by atoms with Crippen LogP contribution in [0.15, 0.2) is 48.5 Å². The van der Waals surface area contributed by atoms with Gasteiger partial charge in [0.15, 0.2) is 5.44 Å². The molecule has 0 aliphatic rings.